The summed E-state index contributed by atoms with van der Waals surface area (Å²) in [5, 5.41) is 3.63. The van der Waals surface area contributed by atoms with Crippen LogP contribution in [0.5, 0.6) is 0 Å². The van der Waals surface area contributed by atoms with Gasteiger partial charge in [0.15, 0.2) is 9.04 Å². The molecule has 26 heavy (non-hydrogen) atoms. The van der Waals surface area contributed by atoms with Crippen molar-refractivity contribution in [3.63, 3.8) is 0 Å². The Balaban J connectivity index is 1.89. The number of hydrogen-bond donors (Lipinski definition) is 0. The highest BCUT2D eigenvalue weighted by atomic mass is 28.4. The van der Waals surface area contributed by atoms with Crippen LogP contribution >= 0.6 is 0 Å². The van der Waals surface area contributed by atoms with Crippen LogP contribution < -0.4 is 15.6 Å². The normalized spacial score (nSPS) is 14.2. The molecule has 5 heteroatoms. The van der Waals surface area contributed by atoms with Gasteiger partial charge in [0.25, 0.3) is 0 Å². The molecule has 0 saturated carbocycles. The molecule has 0 fully saturated rings. The zero-order chi connectivity index (χ0) is 18.4. The second-order valence-corrected chi connectivity index (χ2v) is 14.0. The minimum atomic E-state index is -2.57. The Hall–Kier alpha value is -2.06. The molecule has 0 amide bonds. The van der Waals surface area contributed by atoms with Crippen molar-refractivity contribution >= 4 is 48.0 Å². The van der Waals surface area contributed by atoms with E-state index in [1.165, 1.54) is 10.4 Å². The van der Waals surface area contributed by atoms with Gasteiger partial charge in [-0.05, 0) is 23.5 Å². The topological polar surface area (TPSA) is 18.5 Å². The summed E-state index contributed by atoms with van der Waals surface area (Å²) >= 11 is 0. The Kier molecular flexibility index (Phi) is 6.16. The molecule has 0 aliphatic heterocycles. The first-order chi connectivity index (χ1) is 12.6. The van der Waals surface area contributed by atoms with Crippen molar-refractivity contribution in [3.8, 4) is 0 Å². The van der Waals surface area contributed by atoms with Gasteiger partial charge in [0.2, 0.25) is 8.65 Å². The third-order valence-corrected chi connectivity index (χ3v) is 13.8. The Morgan fingerprint density at radius 3 is 1.88 bits per heavy atom. The highest BCUT2D eigenvalue weighted by Gasteiger charge is 2.38. The molecule has 0 radical (unpaired) electrons. The summed E-state index contributed by atoms with van der Waals surface area (Å²) in [6, 6.07) is 31.2. The lowest BCUT2D eigenvalue weighted by atomic mass is 10.4. The van der Waals surface area contributed by atoms with Crippen LogP contribution in [0.4, 0.5) is 0 Å². The monoisotopic (exact) mass is 392 g/mol. The van der Waals surface area contributed by atoms with Gasteiger partial charge in [-0.15, -0.1) is 0 Å². The van der Waals surface area contributed by atoms with Crippen molar-refractivity contribution in [1.82, 2.24) is 0 Å². The van der Waals surface area contributed by atoms with Crippen LogP contribution in [0.15, 0.2) is 91.0 Å². The van der Waals surface area contributed by atoms with Crippen LogP contribution in [0.2, 0.25) is 13.1 Å². The van der Waals surface area contributed by atoms with E-state index in [0.29, 0.717) is 0 Å². The molecule has 0 spiro atoms. The molecule has 2 nitrogen and oxygen atoms in total. The van der Waals surface area contributed by atoms with Gasteiger partial charge in [0.05, 0.1) is 0 Å². The van der Waals surface area contributed by atoms with Crippen molar-refractivity contribution in [1.29, 1.82) is 0 Å². The molecule has 0 aromatic heterocycles. The van der Waals surface area contributed by atoms with Gasteiger partial charge in [-0.25, -0.2) is 0 Å². The Morgan fingerprint density at radius 2 is 1.31 bits per heavy atom. The van der Waals surface area contributed by atoms with Crippen LogP contribution in [-0.4, -0.2) is 32.4 Å². The van der Waals surface area contributed by atoms with Crippen LogP contribution in [-0.2, 0) is 8.23 Å². The average molecular weight is 393 g/mol. The molecule has 2 atom stereocenters. The molecule has 0 aliphatic rings. The van der Waals surface area contributed by atoms with E-state index in [1.807, 2.05) is 30.3 Å². The van der Waals surface area contributed by atoms with Crippen molar-refractivity contribution in [2.75, 3.05) is 0 Å². The highest BCUT2D eigenvalue weighted by molar-refractivity contribution is 6.92. The second-order valence-electron chi connectivity index (χ2n) is 6.37. The number of benzene rings is 3. The Labute approximate surface area is 160 Å². The minimum Gasteiger partial charge on any atom is -0.581 e. The van der Waals surface area contributed by atoms with Crippen LogP contribution in [0.1, 0.15) is 0 Å². The predicted octanol–water partition coefficient (Wildman–Crippen LogP) is 2.17. The van der Waals surface area contributed by atoms with Gasteiger partial charge in [0.1, 0.15) is 0 Å². The van der Waals surface area contributed by atoms with Gasteiger partial charge in [-0.1, -0.05) is 97.2 Å². The molecule has 2 unspecified atom stereocenters. The summed E-state index contributed by atoms with van der Waals surface area (Å²) in [7, 11) is -5.54. The molecule has 0 bridgehead atoms. The summed E-state index contributed by atoms with van der Waals surface area (Å²) < 4.78 is 13.4. The third kappa shape index (κ3) is 4.56. The van der Waals surface area contributed by atoms with Gasteiger partial charge < -0.3 is 8.23 Å². The van der Waals surface area contributed by atoms with Crippen LogP contribution in [0, 0.1) is 0 Å². The van der Waals surface area contributed by atoms with E-state index in [-0.39, 0.29) is 0 Å². The second kappa shape index (κ2) is 8.55. The zero-order valence-electron chi connectivity index (χ0n) is 15.3. The SMILES string of the molecule is C=[Si](O[Si](C)(O[SiH](C)c1ccccc1)c1ccccc1)c1ccccc1. The number of hydrogen-bond acceptors (Lipinski definition) is 2. The van der Waals surface area contributed by atoms with Crippen molar-refractivity contribution < 1.29 is 8.23 Å². The third-order valence-electron chi connectivity index (χ3n) is 4.38. The summed E-state index contributed by atoms with van der Waals surface area (Å²) in [6.07, 6.45) is 4.35. The van der Waals surface area contributed by atoms with Crippen LogP contribution in [0.3, 0.4) is 0 Å². The molecule has 3 aromatic rings. The lowest BCUT2D eigenvalue weighted by Crippen LogP contribution is -2.58. The summed E-state index contributed by atoms with van der Waals surface area (Å²) in [5.41, 5.74) is 0. The van der Waals surface area contributed by atoms with E-state index in [4.69, 9.17) is 8.23 Å². The molecule has 0 aliphatic carbocycles. The molecule has 3 rings (SSSR count). The first-order valence-electron chi connectivity index (χ1n) is 8.80. The van der Waals surface area contributed by atoms with Gasteiger partial charge in [-0.3, -0.25) is 0 Å². The fourth-order valence-electron chi connectivity index (χ4n) is 2.94. The molecule has 132 valence electrons. The van der Waals surface area contributed by atoms with Crippen molar-refractivity contribution in [2.45, 2.75) is 13.1 Å². The molecular weight excluding hydrogens is 368 g/mol. The summed E-state index contributed by atoms with van der Waals surface area (Å²) in [4.78, 5) is 0. The number of rotatable bonds is 7. The van der Waals surface area contributed by atoms with E-state index in [1.54, 1.807) is 0 Å². The standard InChI is InChI=1S/C21H24O2Si3/c1-24(19-13-7-4-8-14-19)22-26(3,21-17-11-6-12-18-21)23-25(2)20-15-9-5-10-16-20/h4-18,25H,1H2,2-3H3. The van der Waals surface area contributed by atoms with E-state index in [2.05, 4.69) is 79.9 Å². The van der Waals surface area contributed by atoms with E-state index in [0.717, 1.165) is 5.19 Å². The highest BCUT2D eigenvalue weighted by Crippen LogP contribution is 2.11. The Morgan fingerprint density at radius 1 is 0.808 bits per heavy atom. The molecule has 3 aromatic carbocycles. The van der Waals surface area contributed by atoms with E-state index < -0.39 is 26.3 Å². The minimum absolute atomic E-state index is 1.16. The van der Waals surface area contributed by atoms with Crippen molar-refractivity contribution in [3.05, 3.63) is 91.0 Å². The fourth-order valence-corrected chi connectivity index (χ4v) is 12.3. The lowest BCUT2D eigenvalue weighted by molar-refractivity contribution is 0.435. The maximum atomic E-state index is 6.74. The molecule has 0 heterocycles. The maximum absolute atomic E-state index is 6.74. The molecule has 0 saturated heterocycles. The maximum Gasteiger partial charge on any atom is 0.406 e. The first kappa shape index (κ1) is 18.7. The molecular formula is C21H24O2Si3. The van der Waals surface area contributed by atoms with Gasteiger partial charge in [0, 0.05) is 5.19 Å². The van der Waals surface area contributed by atoms with E-state index >= 15 is 0 Å². The predicted molar refractivity (Wildman–Crippen MR) is 118 cm³/mol. The van der Waals surface area contributed by atoms with E-state index in [9.17, 15) is 0 Å². The largest absolute Gasteiger partial charge is 0.581 e. The smallest absolute Gasteiger partial charge is 0.406 e. The zero-order valence-corrected chi connectivity index (χ0v) is 18.4. The van der Waals surface area contributed by atoms with Gasteiger partial charge in [-0.2, -0.15) is 0 Å². The van der Waals surface area contributed by atoms with Crippen LogP contribution in [0.25, 0.3) is 0 Å². The quantitative estimate of drug-likeness (QED) is 0.574. The first-order valence-corrected chi connectivity index (χ1v) is 14.9. The average Bonchev–Trinajstić information content (AvgIpc) is 2.70. The fraction of sp³-hybridized carbons (Fsp3) is 0.0952. The Bertz CT molecular complexity index is 841. The summed E-state index contributed by atoms with van der Waals surface area (Å²) in [5.74, 6) is 0. The summed E-state index contributed by atoms with van der Waals surface area (Å²) in [6.45, 7) is 4.39. The lowest BCUT2D eigenvalue weighted by Gasteiger charge is -2.32. The van der Waals surface area contributed by atoms with Crippen molar-refractivity contribution in [2.24, 2.45) is 0 Å². The van der Waals surface area contributed by atoms with Gasteiger partial charge >= 0.3 is 8.56 Å². The molecule has 0 N–H and O–H groups in total.